The molecule has 3 aliphatic rings. The van der Waals surface area contributed by atoms with Gasteiger partial charge in [-0.15, -0.1) is 0 Å². The summed E-state index contributed by atoms with van der Waals surface area (Å²) in [4.78, 5) is 19.9. The van der Waals surface area contributed by atoms with Crippen LogP contribution in [0.1, 0.15) is 77.8 Å². The number of anilines is 1. The fourth-order valence-corrected chi connectivity index (χ4v) is 8.19. The average molecular weight is 498 g/mol. The predicted octanol–water partition coefficient (Wildman–Crippen LogP) is 4.65. The van der Waals surface area contributed by atoms with Gasteiger partial charge in [0.05, 0.1) is 11.2 Å². The maximum absolute atomic E-state index is 13.9. The molecule has 3 fully saturated rings. The smallest absolute Gasteiger partial charge is 0.254 e. The number of nitrogens with zero attached hydrogens (tertiary/aromatic N) is 2. The number of aromatic nitrogens is 1. The molecule has 0 aromatic carbocycles. The third-order valence-corrected chi connectivity index (χ3v) is 10.5. The molecule has 4 rings (SSSR count). The summed E-state index contributed by atoms with van der Waals surface area (Å²) in [6, 6.07) is 3.25. The molecule has 2 atom stereocenters. The van der Waals surface area contributed by atoms with Gasteiger partial charge in [0.25, 0.3) is 5.92 Å². The van der Waals surface area contributed by atoms with Crippen molar-refractivity contribution >= 4 is 21.6 Å². The van der Waals surface area contributed by atoms with E-state index in [9.17, 15) is 22.0 Å². The van der Waals surface area contributed by atoms with E-state index in [1.807, 2.05) is 32.6 Å². The molecular formula is C25H37F2N3O3S. The van der Waals surface area contributed by atoms with E-state index < -0.39 is 32.3 Å². The molecular weight excluding hydrogens is 460 g/mol. The second-order valence-corrected chi connectivity index (χ2v) is 12.9. The minimum Gasteiger partial charge on any atom is -0.353 e. The Labute approximate surface area is 201 Å². The van der Waals surface area contributed by atoms with E-state index in [0.717, 1.165) is 5.69 Å². The topological polar surface area (TPSA) is 79.4 Å². The van der Waals surface area contributed by atoms with Crippen molar-refractivity contribution in [1.29, 1.82) is 0 Å². The zero-order valence-electron chi connectivity index (χ0n) is 20.6. The van der Waals surface area contributed by atoms with Gasteiger partial charge in [-0.1, -0.05) is 6.42 Å². The van der Waals surface area contributed by atoms with Crippen molar-refractivity contribution < 1.29 is 22.0 Å². The molecule has 6 nitrogen and oxygen atoms in total. The molecule has 190 valence electrons. The first-order valence-electron chi connectivity index (χ1n) is 12.6. The number of halogens is 2. The van der Waals surface area contributed by atoms with Crippen molar-refractivity contribution in [2.45, 2.75) is 107 Å². The van der Waals surface area contributed by atoms with Crippen LogP contribution in [0.3, 0.4) is 0 Å². The van der Waals surface area contributed by atoms with Gasteiger partial charge in [-0.05, 0) is 78.4 Å². The van der Waals surface area contributed by atoms with Crippen LogP contribution in [0.2, 0.25) is 0 Å². The SMILES string of the molecule is CCN(c1nc(C)ccc1S(=O)(=O)[C@H]1CCC[C@@H]1C(=O)NC1CCC2(CC1)CC2(F)F)C(C)C. The van der Waals surface area contributed by atoms with Crippen molar-refractivity contribution in [3.63, 3.8) is 0 Å². The maximum atomic E-state index is 13.9. The molecule has 0 aliphatic heterocycles. The number of hydrogen-bond donors (Lipinski definition) is 1. The van der Waals surface area contributed by atoms with Gasteiger partial charge in [-0.3, -0.25) is 4.79 Å². The van der Waals surface area contributed by atoms with Crippen molar-refractivity contribution in [1.82, 2.24) is 10.3 Å². The summed E-state index contributed by atoms with van der Waals surface area (Å²) in [5, 5.41) is 2.21. The number of sulfone groups is 1. The van der Waals surface area contributed by atoms with Gasteiger partial charge in [0.1, 0.15) is 10.7 Å². The Hall–Kier alpha value is -1.77. The zero-order chi connectivity index (χ0) is 24.9. The first-order valence-corrected chi connectivity index (χ1v) is 14.1. The first-order chi connectivity index (χ1) is 15.9. The van der Waals surface area contributed by atoms with Crippen molar-refractivity contribution in [3.05, 3.63) is 17.8 Å². The van der Waals surface area contributed by atoms with Gasteiger partial charge in [0.2, 0.25) is 5.91 Å². The number of nitrogens with one attached hydrogen (secondary N) is 1. The van der Waals surface area contributed by atoms with Crippen LogP contribution in [0.4, 0.5) is 14.6 Å². The summed E-state index contributed by atoms with van der Waals surface area (Å²) in [7, 11) is -3.80. The van der Waals surface area contributed by atoms with Crippen LogP contribution < -0.4 is 10.2 Å². The lowest BCUT2D eigenvalue weighted by molar-refractivity contribution is -0.125. The van der Waals surface area contributed by atoms with E-state index in [2.05, 4.69) is 10.3 Å². The molecule has 1 spiro atoms. The summed E-state index contributed by atoms with van der Waals surface area (Å²) in [6.45, 7) is 8.43. The predicted molar refractivity (Wildman–Crippen MR) is 128 cm³/mol. The Balaban J connectivity index is 1.51. The van der Waals surface area contributed by atoms with E-state index in [4.69, 9.17) is 0 Å². The lowest BCUT2D eigenvalue weighted by Gasteiger charge is -2.31. The fraction of sp³-hybridized carbons (Fsp3) is 0.760. The van der Waals surface area contributed by atoms with Crippen LogP contribution in [0.25, 0.3) is 0 Å². The molecule has 34 heavy (non-hydrogen) atoms. The first kappa shape index (κ1) is 25.3. The molecule has 0 bridgehead atoms. The van der Waals surface area contributed by atoms with Crippen LogP contribution >= 0.6 is 0 Å². The third kappa shape index (κ3) is 4.44. The third-order valence-electron chi connectivity index (χ3n) is 8.21. The molecule has 0 radical (unpaired) electrons. The van der Waals surface area contributed by atoms with Crippen LogP contribution in [-0.4, -0.2) is 49.1 Å². The van der Waals surface area contributed by atoms with E-state index in [1.54, 1.807) is 12.1 Å². The Morgan fingerprint density at radius 3 is 2.41 bits per heavy atom. The second kappa shape index (κ2) is 9.03. The molecule has 0 saturated heterocycles. The fourth-order valence-electron chi connectivity index (χ4n) is 6.02. The minimum absolute atomic E-state index is 0.0400. The van der Waals surface area contributed by atoms with Gasteiger partial charge >= 0.3 is 0 Å². The van der Waals surface area contributed by atoms with E-state index >= 15 is 0 Å². The van der Waals surface area contributed by atoms with E-state index in [1.165, 1.54) is 0 Å². The Morgan fingerprint density at radius 1 is 1.21 bits per heavy atom. The Morgan fingerprint density at radius 2 is 1.85 bits per heavy atom. The highest BCUT2D eigenvalue weighted by Gasteiger charge is 2.70. The lowest BCUT2D eigenvalue weighted by atomic mass is 9.82. The highest BCUT2D eigenvalue weighted by molar-refractivity contribution is 7.92. The summed E-state index contributed by atoms with van der Waals surface area (Å²) in [5.74, 6) is -3.00. The quantitative estimate of drug-likeness (QED) is 0.593. The second-order valence-electron chi connectivity index (χ2n) is 10.7. The number of carbonyl (C=O) groups is 1. The molecule has 9 heteroatoms. The van der Waals surface area contributed by atoms with Crippen LogP contribution in [-0.2, 0) is 14.6 Å². The van der Waals surface area contributed by atoms with Crippen LogP contribution in [0.5, 0.6) is 0 Å². The Bertz CT molecular complexity index is 1040. The number of hydrogen-bond acceptors (Lipinski definition) is 5. The van der Waals surface area contributed by atoms with Crippen molar-refractivity contribution in [3.8, 4) is 0 Å². The number of carbonyl (C=O) groups excluding carboxylic acids is 1. The molecule has 1 N–H and O–H groups in total. The van der Waals surface area contributed by atoms with E-state index in [-0.39, 0.29) is 29.3 Å². The number of aryl methyl sites for hydroxylation is 1. The Kier molecular flexibility index (Phi) is 6.72. The van der Waals surface area contributed by atoms with Gasteiger partial charge in [-0.25, -0.2) is 22.2 Å². The maximum Gasteiger partial charge on any atom is 0.254 e. The summed E-state index contributed by atoms with van der Waals surface area (Å²) in [5.41, 5.74) is -0.116. The summed E-state index contributed by atoms with van der Waals surface area (Å²) >= 11 is 0. The van der Waals surface area contributed by atoms with Gasteiger partial charge in [-0.2, -0.15) is 0 Å². The highest BCUT2D eigenvalue weighted by Crippen LogP contribution is 2.67. The molecule has 3 aliphatic carbocycles. The summed E-state index contributed by atoms with van der Waals surface area (Å²) in [6.07, 6.45) is 3.45. The van der Waals surface area contributed by atoms with E-state index in [0.29, 0.717) is 57.3 Å². The van der Waals surface area contributed by atoms with Crippen LogP contribution in [0.15, 0.2) is 17.0 Å². The standard InChI is InChI=1S/C25H37F2N3O3S/c1-5-30(16(2)3)22-21(10-9-17(4)28-22)34(32,33)20-8-6-7-19(20)23(31)29-18-11-13-24(14-12-18)15-25(24,26)27/h9-10,16,18-20H,5-8,11-15H2,1-4H3,(H,29,31)/t18?,19-,20-,24?/m0/s1. The van der Waals surface area contributed by atoms with Crippen LogP contribution in [0, 0.1) is 18.3 Å². The normalized spacial score (nSPS) is 30.5. The molecule has 1 amide bonds. The lowest BCUT2D eigenvalue weighted by Crippen LogP contribution is -2.45. The van der Waals surface area contributed by atoms with Crippen molar-refractivity contribution in [2.24, 2.45) is 11.3 Å². The van der Waals surface area contributed by atoms with Gasteiger partial charge < -0.3 is 10.2 Å². The number of pyridine rings is 1. The number of rotatable bonds is 7. The number of amides is 1. The minimum atomic E-state index is -3.80. The molecule has 1 aromatic rings. The highest BCUT2D eigenvalue weighted by atomic mass is 32.2. The molecule has 0 unspecified atom stereocenters. The van der Waals surface area contributed by atoms with Gasteiger partial charge in [0.15, 0.2) is 9.84 Å². The average Bonchev–Trinajstić information content (AvgIpc) is 3.10. The molecule has 1 heterocycles. The molecule has 1 aromatic heterocycles. The summed E-state index contributed by atoms with van der Waals surface area (Å²) < 4.78 is 55.1. The zero-order valence-corrected chi connectivity index (χ0v) is 21.4. The van der Waals surface area contributed by atoms with Crippen molar-refractivity contribution in [2.75, 3.05) is 11.4 Å². The monoisotopic (exact) mass is 497 g/mol. The number of alkyl halides is 2. The largest absolute Gasteiger partial charge is 0.353 e. The van der Waals surface area contributed by atoms with Gasteiger partial charge in [0, 0.05) is 36.2 Å². The molecule has 3 saturated carbocycles.